The smallest absolute Gasteiger partial charge is 0.331 e. The molecule has 0 amide bonds. The van der Waals surface area contributed by atoms with E-state index in [-0.39, 0.29) is 0 Å². The summed E-state index contributed by atoms with van der Waals surface area (Å²) in [6.45, 7) is -1.62. The molecule has 4 aliphatic rings. The Morgan fingerprint density at radius 3 is 0.689 bits per heavy atom. The van der Waals surface area contributed by atoms with Crippen molar-refractivity contribution in [2.24, 2.45) is 5.41 Å². The first kappa shape index (κ1) is 41.7. The van der Waals surface area contributed by atoms with E-state index in [2.05, 4.69) is 0 Å². The molecule has 4 aliphatic carbocycles. The van der Waals surface area contributed by atoms with Gasteiger partial charge in [-0.25, -0.2) is 19.2 Å². The molecule has 0 heterocycles. The minimum atomic E-state index is -1.11. The van der Waals surface area contributed by atoms with E-state index in [0.29, 0.717) is 22.3 Å². The van der Waals surface area contributed by atoms with Crippen molar-refractivity contribution in [3.63, 3.8) is 0 Å². The number of hydrogen-bond acceptors (Lipinski definition) is 8. The van der Waals surface area contributed by atoms with Gasteiger partial charge in [0, 0.05) is 22.3 Å². The fourth-order valence-electron chi connectivity index (χ4n) is 4.43. The Bertz CT molecular complexity index is 873. The van der Waals surface area contributed by atoms with Crippen molar-refractivity contribution in [3.8, 4) is 0 Å². The van der Waals surface area contributed by atoms with Crippen molar-refractivity contribution in [1.29, 1.82) is 0 Å². The summed E-state index contributed by atoms with van der Waals surface area (Å²) in [5.41, 5.74) is 1.28. The van der Waals surface area contributed by atoms with E-state index >= 15 is 0 Å². The number of carboxylic acids is 4. The number of aliphatic hydroxyl groups is 4. The molecule has 0 unspecified atom stereocenters. The summed E-state index contributed by atoms with van der Waals surface area (Å²) >= 11 is 0. The second-order valence-electron chi connectivity index (χ2n) is 11.3. The Labute approximate surface area is 265 Å². The first-order valence-electron chi connectivity index (χ1n) is 15.6. The zero-order chi connectivity index (χ0) is 34.1. The quantitative estimate of drug-likeness (QED) is 0.186. The van der Waals surface area contributed by atoms with E-state index in [1.54, 1.807) is 0 Å². The summed E-state index contributed by atoms with van der Waals surface area (Å²) in [5, 5.41) is 67.9. The molecule has 0 aliphatic heterocycles. The normalized spacial score (nSPS) is 17.5. The molecule has 45 heavy (non-hydrogen) atoms. The van der Waals surface area contributed by atoms with Crippen LogP contribution < -0.4 is 0 Å². The van der Waals surface area contributed by atoms with Crippen LogP contribution in [-0.4, -0.2) is 91.2 Å². The molecule has 0 aromatic heterocycles. The van der Waals surface area contributed by atoms with Crippen LogP contribution >= 0.6 is 0 Å². The molecule has 4 rings (SSSR count). The van der Waals surface area contributed by atoms with Crippen LogP contribution in [0, 0.1) is 5.41 Å². The van der Waals surface area contributed by atoms with Gasteiger partial charge >= 0.3 is 23.9 Å². The maximum absolute atomic E-state index is 10.3. The van der Waals surface area contributed by atoms with E-state index in [4.69, 9.17) is 40.9 Å². The Kier molecular flexibility index (Phi) is 23.1. The van der Waals surface area contributed by atoms with Gasteiger partial charge in [0.05, 0.1) is 31.8 Å². The molecule has 0 spiro atoms. The molecule has 12 heteroatoms. The summed E-state index contributed by atoms with van der Waals surface area (Å²) in [5.74, 6) is -2.96. The number of carbonyl (C=O) groups is 4. The molecule has 0 aromatic carbocycles. The highest BCUT2D eigenvalue weighted by atomic mass is 16.4. The molecular weight excluding hydrogens is 588 g/mol. The lowest BCUT2D eigenvalue weighted by atomic mass is 9.93. The van der Waals surface area contributed by atoms with Crippen LogP contribution in [0.3, 0.4) is 0 Å². The molecule has 0 fully saturated rings. The first-order valence-corrected chi connectivity index (χ1v) is 15.6. The Morgan fingerprint density at radius 2 is 0.622 bits per heavy atom. The molecule has 0 saturated heterocycles. The predicted octanol–water partition coefficient (Wildman–Crippen LogP) is 4.23. The van der Waals surface area contributed by atoms with E-state index in [1.165, 1.54) is 0 Å². The largest absolute Gasteiger partial charge is 0.478 e. The van der Waals surface area contributed by atoms with Crippen molar-refractivity contribution < 1.29 is 60.0 Å². The van der Waals surface area contributed by atoms with Crippen LogP contribution in [0.4, 0.5) is 0 Å². The zero-order valence-corrected chi connectivity index (χ0v) is 26.2. The first-order chi connectivity index (χ1) is 21.5. The number of rotatable bonds is 8. The van der Waals surface area contributed by atoms with Crippen LogP contribution in [0.2, 0.25) is 0 Å². The monoisotopic (exact) mass is 640 g/mol. The van der Waals surface area contributed by atoms with Crippen LogP contribution in [0.5, 0.6) is 0 Å². The number of carboxylic acid groups (broad SMARTS) is 4. The second kappa shape index (κ2) is 24.9. The highest BCUT2D eigenvalue weighted by Gasteiger charge is 2.26. The van der Waals surface area contributed by atoms with Crippen molar-refractivity contribution >= 4 is 23.9 Å². The average Bonchev–Trinajstić information content (AvgIpc) is 3.09. The maximum Gasteiger partial charge on any atom is 0.331 e. The highest BCUT2D eigenvalue weighted by Crippen LogP contribution is 2.19. The molecular formula is C33H52O12. The highest BCUT2D eigenvalue weighted by molar-refractivity contribution is 5.87. The van der Waals surface area contributed by atoms with Crippen molar-refractivity contribution in [3.05, 3.63) is 46.6 Å². The van der Waals surface area contributed by atoms with Crippen molar-refractivity contribution in [1.82, 2.24) is 0 Å². The fourth-order valence-corrected chi connectivity index (χ4v) is 4.43. The summed E-state index contributed by atoms with van der Waals surface area (Å²) in [6, 6.07) is 0. The van der Waals surface area contributed by atoms with Gasteiger partial charge in [0.2, 0.25) is 0 Å². The molecule has 0 aromatic rings. The van der Waals surface area contributed by atoms with Gasteiger partial charge in [-0.15, -0.1) is 0 Å². The van der Waals surface area contributed by atoms with Gasteiger partial charge in [0.1, 0.15) is 0 Å². The van der Waals surface area contributed by atoms with Crippen LogP contribution in [0.25, 0.3) is 0 Å². The zero-order valence-electron chi connectivity index (χ0n) is 26.2. The van der Waals surface area contributed by atoms with Gasteiger partial charge in [-0.05, 0) is 103 Å². The summed E-state index contributed by atoms with van der Waals surface area (Å²) < 4.78 is 0. The minimum Gasteiger partial charge on any atom is -0.478 e. The second-order valence-corrected chi connectivity index (χ2v) is 11.3. The lowest BCUT2D eigenvalue weighted by Crippen LogP contribution is -2.37. The Hall–Kier alpha value is -3.32. The molecule has 8 N–H and O–H groups in total. The van der Waals surface area contributed by atoms with Crippen LogP contribution in [0.15, 0.2) is 46.6 Å². The molecule has 12 nitrogen and oxygen atoms in total. The van der Waals surface area contributed by atoms with Crippen molar-refractivity contribution in [2.45, 2.75) is 103 Å². The van der Waals surface area contributed by atoms with Gasteiger partial charge in [0.15, 0.2) is 0 Å². The van der Waals surface area contributed by atoms with Gasteiger partial charge < -0.3 is 40.9 Å². The van der Waals surface area contributed by atoms with Gasteiger partial charge in [-0.1, -0.05) is 24.3 Å². The summed E-state index contributed by atoms with van der Waals surface area (Å²) in [7, 11) is 0. The Morgan fingerprint density at radius 1 is 0.422 bits per heavy atom. The van der Waals surface area contributed by atoms with E-state index in [9.17, 15) is 19.2 Å². The molecule has 256 valence electrons. The number of aliphatic hydroxyl groups excluding tert-OH is 4. The third kappa shape index (κ3) is 18.9. The van der Waals surface area contributed by atoms with Crippen molar-refractivity contribution in [2.75, 3.05) is 26.4 Å². The van der Waals surface area contributed by atoms with Crippen LogP contribution in [-0.2, 0) is 19.2 Å². The molecule has 0 radical (unpaired) electrons. The predicted molar refractivity (Wildman–Crippen MR) is 168 cm³/mol. The fraction of sp³-hybridized carbons (Fsp3) is 0.636. The summed E-state index contributed by atoms with van der Waals surface area (Å²) in [6.07, 6.45) is 22.9. The lowest BCUT2D eigenvalue weighted by molar-refractivity contribution is -0.133. The van der Waals surface area contributed by atoms with Crippen LogP contribution in [0.1, 0.15) is 103 Å². The SMILES string of the molecule is O=C(O)C1=CCCCC1.O=C(O)C1=CCCCC1.O=C(O)C1=CCCCC1.O=C(O)C1=CCCCC1.OCC(CO)(CO)CO. The Balaban J connectivity index is 0.000000538. The van der Waals surface area contributed by atoms with Gasteiger partial charge in [-0.3, -0.25) is 0 Å². The standard InChI is InChI=1S/4C7H10O2.C5H12O4/c4*8-7(9)6-4-2-1-3-5-6;6-1-5(2-7,3-8)4-9/h4*4H,1-3,5H2,(H,8,9);6-9H,1-4H2. The number of allylic oxidation sites excluding steroid dienone is 4. The third-order valence-corrected chi connectivity index (χ3v) is 7.60. The van der Waals surface area contributed by atoms with Gasteiger partial charge in [-0.2, -0.15) is 0 Å². The molecule has 0 saturated carbocycles. The van der Waals surface area contributed by atoms with Gasteiger partial charge in [0.25, 0.3) is 0 Å². The number of hydrogen-bond donors (Lipinski definition) is 8. The molecule has 0 bridgehead atoms. The maximum atomic E-state index is 10.3. The van der Waals surface area contributed by atoms with E-state index in [0.717, 1.165) is 103 Å². The lowest BCUT2D eigenvalue weighted by Gasteiger charge is -2.23. The minimum absolute atomic E-state index is 0.406. The third-order valence-electron chi connectivity index (χ3n) is 7.60. The number of aliphatic carboxylic acids is 4. The summed E-state index contributed by atoms with van der Waals surface area (Å²) in [4.78, 5) is 41.1. The topological polar surface area (TPSA) is 230 Å². The molecule has 0 atom stereocenters. The van der Waals surface area contributed by atoms with E-state index in [1.807, 2.05) is 24.3 Å². The van der Waals surface area contributed by atoms with E-state index < -0.39 is 55.7 Å². The average molecular weight is 641 g/mol.